The molecule has 0 radical (unpaired) electrons. The van der Waals surface area contributed by atoms with Crippen LogP contribution in [0.2, 0.25) is 5.02 Å². The number of anilines is 1. The quantitative estimate of drug-likeness (QED) is 0.843. The van der Waals surface area contributed by atoms with Crippen molar-refractivity contribution in [2.24, 2.45) is 0 Å². The summed E-state index contributed by atoms with van der Waals surface area (Å²) in [4.78, 5) is 22.9. The predicted molar refractivity (Wildman–Crippen MR) is 88.1 cm³/mol. The second kappa shape index (κ2) is 8.02. The topological polar surface area (TPSA) is 58.2 Å². The molecular weight excluding hydrogens is 357 g/mol. The van der Waals surface area contributed by atoms with Crippen LogP contribution in [0.15, 0.2) is 48.5 Å². The van der Waals surface area contributed by atoms with Crippen molar-refractivity contribution in [3.05, 3.63) is 64.7 Å². The molecule has 25 heavy (non-hydrogen) atoms. The Morgan fingerprint density at radius 2 is 1.76 bits per heavy atom. The highest BCUT2D eigenvalue weighted by molar-refractivity contribution is 6.31. The van der Waals surface area contributed by atoms with Crippen LogP contribution < -0.4 is 10.6 Å². The molecule has 2 aromatic carbocycles. The smallest absolute Gasteiger partial charge is 0.344 e. The Bertz CT molecular complexity index is 778. The Balaban J connectivity index is 1.96. The van der Waals surface area contributed by atoms with E-state index in [0.717, 1.165) is 0 Å². The maximum Gasteiger partial charge on any atom is 0.471 e. The largest absolute Gasteiger partial charge is 0.471 e. The van der Waals surface area contributed by atoms with E-state index in [2.05, 4.69) is 5.32 Å². The van der Waals surface area contributed by atoms with Gasteiger partial charge in [0.2, 0.25) is 5.91 Å². The minimum atomic E-state index is -4.93. The SMILES string of the molecule is O=C(Cc1ccccc1Cl)Nc1cccc(CNC(=O)C(F)(F)F)c1. The first-order valence-corrected chi connectivity index (χ1v) is 7.61. The highest BCUT2D eigenvalue weighted by atomic mass is 35.5. The fourth-order valence-electron chi connectivity index (χ4n) is 2.06. The van der Waals surface area contributed by atoms with E-state index >= 15 is 0 Å². The van der Waals surface area contributed by atoms with Crippen molar-refractivity contribution in [3.8, 4) is 0 Å². The monoisotopic (exact) mass is 370 g/mol. The molecule has 0 fully saturated rings. The normalized spacial score (nSPS) is 11.0. The first-order chi connectivity index (χ1) is 11.8. The van der Waals surface area contributed by atoms with Gasteiger partial charge in [0.15, 0.2) is 0 Å². The van der Waals surface area contributed by atoms with Gasteiger partial charge >= 0.3 is 12.1 Å². The van der Waals surface area contributed by atoms with Crippen LogP contribution in [0.1, 0.15) is 11.1 Å². The number of halogens is 4. The summed E-state index contributed by atoms with van der Waals surface area (Å²) in [6.07, 6.45) is -4.87. The lowest BCUT2D eigenvalue weighted by atomic mass is 10.1. The minimum Gasteiger partial charge on any atom is -0.344 e. The summed E-state index contributed by atoms with van der Waals surface area (Å²) >= 11 is 5.99. The zero-order chi connectivity index (χ0) is 18.4. The number of benzene rings is 2. The number of carbonyl (C=O) groups is 2. The Kier molecular flexibility index (Phi) is 6.03. The average molecular weight is 371 g/mol. The van der Waals surface area contributed by atoms with Crippen LogP contribution >= 0.6 is 11.6 Å². The maximum absolute atomic E-state index is 12.2. The second-order valence-corrected chi connectivity index (χ2v) is 5.60. The van der Waals surface area contributed by atoms with Crippen molar-refractivity contribution in [3.63, 3.8) is 0 Å². The number of hydrogen-bond donors (Lipinski definition) is 2. The van der Waals surface area contributed by atoms with Crippen LogP contribution in [0, 0.1) is 0 Å². The van der Waals surface area contributed by atoms with Crippen molar-refractivity contribution >= 4 is 29.1 Å². The molecule has 2 rings (SSSR count). The van der Waals surface area contributed by atoms with Gasteiger partial charge in [-0.3, -0.25) is 9.59 Å². The summed E-state index contributed by atoms with van der Waals surface area (Å²) in [5.74, 6) is -2.33. The fourth-order valence-corrected chi connectivity index (χ4v) is 2.26. The van der Waals surface area contributed by atoms with Gasteiger partial charge in [0.25, 0.3) is 0 Å². The molecule has 2 N–H and O–H groups in total. The van der Waals surface area contributed by atoms with Gasteiger partial charge in [0, 0.05) is 17.3 Å². The Morgan fingerprint density at radius 1 is 1.04 bits per heavy atom. The third-order valence-corrected chi connectivity index (χ3v) is 3.60. The number of carbonyl (C=O) groups excluding carboxylic acids is 2. The van der Waals surface area contributed by atoms with E-state index in [1.54, 1.807) is 47.8 Å². The van der Waals surface area contributed by atoms with Crippen LogP contribution in [0.3, 0.4) is 0 Å². The van der Waals surface area contributed by atoms with Gasteiger partial charge in [-0.1, -0.05) is 41.9 Å². The lowest BCUT2D eigenvalue weighted by molar-refractivity contribution is -0.173. The fraction of sp³-hybridized carbons (Fsp3) is 0.176. The molecule has 8 heteroatoms. The average Bonchev–Trinajstić information content (AvgIpc) is 2.54. The molecule has 0 saturated carbocycles. The maximum atomic E-state index is 12.2. The molecule has 0 bridgehead atoms. The van der Waals surface area contributed by atoms with Crippen LogP contribution in [0.5, 0.6) is 0 Å². The number of amides is 2. The van der Waals surface area contributed by atoms with Gasteiger partial charge in [-0.05, 0) is 29.3 Å². The zero-order valence-corrected chi connectivity index (χ0v) is 13.6. The zero-order valence-electron chi connectivity index (χ0n) is 12.9. The number of nitrogens with one attached hydrogen (secondary N) is 2. The first-order valence-electron chi connectivity index (χ1n) is 7.23. The number of alkyl halides is 3. The minimum absolute atomic E-state index is 0.0642. The Morgan fingerprint density at radius 3 is 2.44 bits per heavy atom. The lowest BCUT2D eigenvalue weighted by Crippen LogP contribution is -2.36. The molecule has 0 atom stereocenters. The van der Waals surface area contributed by atoms with Crippen LogP contribution in [-0.4, -0.2) is 18.0 Å². The molecule has 0 heterocycles. The van der Waals surface area contributed by atoms with Gasteiger partial charge in [-0.25, -0.2) is 0 Å². The van der Waals surface area contributed by atoms with Crippen molar-refractivity contribution in [2.75, 3.05) is 5.32 Å². The van der Waals surface area contributed by atoms with Gasteiger partial charge in [-0.2, -0.15) is 13.2 Å². The third-order valence-electron chi connectivity index (χ3n) is 3.23. The van der Waals surface area contributed by atoms with Crippen molar-refractivity contribution < 1.29 is 22.8 Å². The van der Waals surface area contributed by atoms with Crippen LogP contribution in [0.25, 0.3) is 0 Å². The molecule has 0 aliphatic carbocycles. The summed E-state index contributed by atoms with van der Waals surface area (Å²) in [6.45, 7) is -0.299. The summed E-state index contributed by atoms with van der Waals surface area (Å²) in [5.41, 5.74) is 1.50. The van der Waals surface area contributed by atoms with Gasteiger partial charge in [0.05, 0.1) is 6.42 Å². The van der Waals surface area contributed by atoms with E-state index in [0.29, 0.717) is 21.8 Å². The van der Waals surface area contributed by atoms with Crippen LogP contribution in [-0.2, 0) is 22.6 Å². The highest BCUT2D eigenvalue weighted by Gasteiger charge is 2.38. The van der Waals surface area contributed by atoms with Gasteiger partial charge in [-0.15, -0.1) is 0 Å². The van der Waals surface area contributed by atoms with E-state index in [-0.39, 0.29) is 18.9 Å². The predicted octanol–water partition coefficient (Wildman–Crippen LogP) is 3.70. The van der Waals surface area contributed by atoms with Gasteiger partial charge < -0.3 is 10.6 Å². The van der Waals surface area contributed by atoms with Crippen LogP contribution in [0.4, 0.5) is 18.9 Å². The molecule has 0 spiro atoms. The van der Waals surface area contributed by atoms with E-state index in [1.807, 2.05) is 0 Å². The second-order valence-electron chi connectivity index (χ2n) is 5.20. The van der Waals surface area contributed by atoms with E-state index in [9.17, 15) is 22.8 Å². The Hall–Kier alpha value is -2.54. The summed E-state index contributed by atoms with van der Waals surface area (Å²) in [5, 5.41) is 4.89. The Labute approximate surface area is 147 Å². The third kappa shape index (κ3) is 5.79. The van der Waals surface area contributed by atoms with Crippen molar-refractivity contribution in [1.82, 2.24) is 5.32 Å². The van der Waals surface area contributed by atoms with E-state index in [1.165, 1.54) is 6.07 Å². The van der Waals surface area contributed by atoms with Crippen molar-refractivity contribution in [2.45, 2.75) is 19.1 Å². The van der Waals surface area contributed by atoms with Gasteiger partial charge in [0.1, 0.15) is 0 Å². The number of rotatable bonds is 5. The summed E-state index contributed by atoms with van der Waals surface area (Å²) in [6, 6.07) is 13.1. The molecule has 2 aromatic rings. The first kappa shape index (κ1) is 18.8. The molecular formula is C17H14ClF3N2O2. The standard InChI is InChI=1S/C17H14ClF3N2O2/c18-14-7-2-1-5-12(14)9-15(24)23-13-6-3-4-11(8-13)10-22-16(25)17(19,20)21/h1-8H,9-10H2,(H,22,25)(H,23,24). The van der Waals surface area contributed by atoms with E-state index in [4.69, 9.17) is 11.6 Å². The molecule has 4 nitrogen and oxygen atoms in total. The molecule has 0 unspecified atom stereocenters. The molecule has 2 amide bonds. The molecule has 0 saturated heterocycles. The molecule has 132 valence electrons. The lowest BCUT2D eigenvalue weighted by Gasteiger charge is -2.10. The molecule has 0 aliphatic rings. The summed E-state index contributed by atoms with van der Waals surface area (Å²) < 4.78 is 36.5. The molecule has 0 aliphatic heterocycles. The van der Waals surface area contributed by atoms with Crippen molar-refractivity contribution in [1.29, 1.82) is 0 Å². The molecule has 0 aromatic heterocycles. The number of hydrogen-bond acceptors (Lipinski definition) is 2. The summed E-state index contributed by atoms with van der Waals surface area (Å²) in [7, 11) is 0. The van der Waals surface area contributed by atoms with E-state index < -0.39 is 12.1 Å². The highest BCUT2D eigenvalue weighted by Crippen LogP contribution is 2.18.